The Bertz CT molecular complexity index is 516. The average molecular weight is 319 g/mol. The Labute approximate surface area is 127 Å². The molecular weight excluding hydrogens is 292 g/mol. The SMILES string of the molecule is CCCNCc1csc(S(=O)(=O)N(C)CC(C)(C)C)c1. The molecule has 1 aromatic rings. The molecule has 0 aliphatic carbocycles. The van der Waals surface area contributed by atoms with E-state index in [1.807, 2.05) is 26.2 Å². The molecule has 116 valence electrons. The monoisotopic (exact) mass is 318 g/mol. The maximum atomic E-state index is 12.5. The second-order valence-electron chi connectivity index (χ2n) is 6.27. The van der Waals surface area contributed by atoms with Crippen LogP contribution in [0.2, 0.25) is 0 Å². The van der Waals surface area contributed by atoms with Crippen molar-refractivity contribution in [3.8, 4) is 0 Å². The molecule has 0 saturated carbocycles. The maximum Gasteiger partial charge on any atom is 0.252 e. The third-order valence-electron chi connectivity index (χ3n) is 2.75. The fourth-order valence-electron chi connectivity index (χ4n) is 1.90. The van der Waals surface area contributed by atoms with Crippen molar-refractivity contribution in [3.63, 3.8) is 0 Å². The zero-order valence-corrected chi connectivity index (χ0v) is 14.7. The second kappa shape index (κ2) is 7.02. The molecule has 0 spiro atoms. The number of hydrogen-bond donors (Lipinski definition) is 1. The van der Waals surface area contributed by atoms with E-state index in [2.05, 4.69) is 12.2 Å². The third kappa shape index (κ3) is 5.16. The lowest BCUT2D eigenvalue weighted by molar-refractivity contribution is 0.311. The van der Waals surface area contributed by atoms with Crippen molar-refractivity contribution in [2.45, 2.75) is 44.9 Å². The van der Waals surface area contributed by atoms with Crippen LogP contribution in [0.4, 0.5) is 0 Å². The minimum absolute atomic E-state index is 0.0510. The molecule has 0 unspecified atom stereocenters. The van der Waals surface area contributed by atoms with E-state index >= 15 is 0 Å². The molecule has 0 aliphatic rings. The van der Waals surface area contributed by atoms with E-state index in [4.69, 9.17) is 0 Å². The zero-order chi connectivity index (χ0) is 15.4. The Hall–Kier alpha value is -0.430. The van der Waals surface area contributed by atoms with Gasteiger partial charge in [0.05, 0.1) is 0 Å². The number of nitrogens with one attached hydrogen (secondary N) is 1. The highest BCUT2D eigenvalue weighted by Gasteiger charge is 2.26. The summed E-state index contributed by atoms with van der Waals surface area (Å²) in [5.74, 6) is 0. The molecule has 0 amide bonds. The van der Waals surface area contributed by atoms with Crippen molar-refractivity contribution in [1.82, 2.24) is 9.62 Å². The van der Waals surface area contributed by atoms with Crippen LogP contribution in [0.5, 0.6) is 0 Å². The Morgan fingerprint density at radius 1 is 1.35 bits per heavy atom. The molecule has 6 heteroatoms. The van der Waals surface area contributed by atoms with Crippen LogP contribution in [-0.4, -0.2) is 32.9 Å². The molecule has 0 aliphatic heterocycles. The van der Waals surface area contributed by atoms with Gasteiger partial charge in [-0.25, -0.2) is 8.42 Å². The molecule has 1 heterocycles. The molecular formula is C14H26N2O2S2. The second-order valence-corrected chi connectivity index (χ2v) is 9.46. The van der Waals surface area contributed by atoms with Crippen LogP contribution in [0.15, 0.2) is 15.7 Å². The first-order valence-electron chi connectivity index (χ1n) is 6.91. The molecule has 20 heavy (non-hydrogen) atoms. The summed E-state index contributed by atoms with van der Waals surface area (Å²) in [6, 6.07) is 1.78. The Morgan fingerprint density at radius 2 is 2.00 bits per heavy atom. The van der Waals surface area contributed by atoms with Crippen molar-refractivity contribution in [3.05, 3.63) is 17.0 Å². The smallest absolute Gasteiger partial charge is 0.252 e. The molecule has 0 saturated heterocycles. The number of hydrogen-bond acceptors (Lipinski definition) is 4. The predicted octanol–water partition coefficient (Wildman–Crippen LogP) is 2.91. The molecule has 0 atom stereocenters. The minimum atomic E-state index is -3.36. The molecule has 1 rings (SSSR count). The van der Waals surface area contributed by atoms with Crippen LogP contribution in [0, 0.1) is 5.41 Å². The van der Waals surface area contributed by atoms with Crippen molar-refractivity contribution in [2.75, 3.05) is 20.1 Å². The van der Waals surface area contributed by atoms with Gasteiger partial charge in [-0.05, 0) is 35.4 Å². The van der Waals surface area contributed by atoms with Gasteiger partial charge in [-0.2, -0.15) is 4.31 Å². The minimum Gasteiger partial charge on any atom is -0.313 e. The number of rotatable bonds is 7. The van der Waals surface area contributed by atoms with Crippen molar-refractivity contribution >= 4 is 21.4 Å². The third-order valence-corrected chi connectivity index (χ3v) is 6.01. The largest absolute Gasteiger partial charge is 0.313 e. The van der Waals surface area contributed by atoms with Gasteiger partial charge in [-0.1, -0.05) is 27.7 Å². The lowest BCUT2D eigenvalue weighted by Crippen LogP contribution is -2.34. The van der Waals surface area contributed by atoms with Gasteiger partial charge in [0.25, 0.3) is 10.0 Å². The summed E-state index contributed by atoms with van der Waals surface area (Å²) in [5, 5.41) is 5.20. The zero-order valence-electron chi connectivity index (χ0n) is 13.1. The van der Waals surface area contributed by atoms with Gasteiger partial charge in [0.2, 0.25) is 0 Å². The van der Waals surface area contributed by atoms with Crippen molar-refractivity contribution < 1.29 is 8.42 Å². The van der Waals surface area contributed by atoms with Crippen LogP contribution in [0.25, 0.3) is 0 Å². The number of nitrogens with zero attached hydrogens (tertiary/aromatic N) is 1. The van der Waals surface area contributed by atoms with E-state index < -0.39 is 10.0 Å². The quantitative estimate of drug-likeness (QED) is 0.786. The molecule has 0 fully saturated rings. The average Bonchev–Trinajstić information content (AvgIpc) is 2.76. The van der Waals surface area contributed by atoms with Gasteiger partial charge in [0.1, 0.15) is 4.21 Å². The summed E-state index contributed by atoms with van der Waals surface area (Å²) in [4.78, 5) is 0. The molecule has 1 N–H and O–H groups in total. The van der Waals surface area contributed by atoms with E-state index in [-0.39, 0.29) is 5.41 Å². The summed E-state index contributed by atoms with van der Waals surface area (Å²) >= 11 is 1.30. The fraction of sp³-hybridized carbons (Fsp3) is 0.714. The first-order chi connectivity index (χ1) is 9.16. The molecule has 0 aromatic carbocycles. The Balaban J connectivity index is 2.77. The summed E-state index contributed by atoms with van der Waals surface area (Å²) in [5.41, 5.74) is 0.983. The van der Waals surface area contributed by atoms with E-state index in [9.17, 15) is 8.42 Å². The molecule has 0 bridgehead atoms. The lowest BCUT2D eigenvalue weighted by atomic mass is 9.97. The normalized spacial score (nSPS) is 13.1. The first kappa shape index (κ1) is 17.6. The fourth-order valence-corrected chi connectivity index (χ4v) is 4.71. The number of sulfonamides is 1. The van der Waals surface area contributed by atoms with E-state index in [1.54, 1.807) is 13.1 Å². The highest BCUT2D eigenvalue weighted by Crippen LogP contribution is 2.25. The van der Waals surface area contributed by atoms with Crippen LogP contribution in [-0.2, 0) is 16.6 Å². The van der Waals surface area contributed by atoms with Gasteiger partial charge in [-0.3, -0.25) is 0 Å². The summed E-state index contributed by atoms with van der Waals surface area (Å²) in [7, 11) is -1.71. The lowest BCUT2D eigenvalue weighted by Gasteiger charge is -2.25. The highest BCUT2D eigenvalue weighted by atomic mass is 32.2. The van der Waals surface area contributed by atoms with Crippen molar-refractivity contribution in [2.24, 2.45) is 5.41 Å². The van der Waals surface area contributed by atoms with Gasteiger partial charge in [-0.15, -0.1) is 11.3 Å². The topological polar surface area (TPSA) is 49.4 Å². The first-order valence-corrected chi connectivity index (χ1v) is 9.23. The van der Waals surface area contributed by atoms with E-state index in [0.717, 1.165) is 25.1 Å². The Kier molecular flexibility index (Phi) is 6.19. The molecule has 1 aromatic heterocycles. The van der Waals surface area contributed by atoms with Crippen LogP contribution < -0.4 is 5.32 Å². The van der Waals surface area contributed by atoms with Crippen LogP contribution in [0.1, 0.15) is 39.7 Å². The summed E-state index contributed by atoms with van der Waals surface area (Å²) in [6.07, 6.45) is 1.07. The Morgan fingerprint density at radius 3 is 2.55 bits per heavy atom. The van der Waals surface area contributed by atoms with Crippen LogP contribution in [0.3, 0.4) is 0 Å². The number of thiophene rings is 1. The van der Waals surface area contributed by atoms with Crippen molar-refractivity contribution in [1.29, 1.82) is 0 Å². The van der Waals surface area contributed by atoms with E-state index in [0.29, 0.717) is 10.8 Å². The standard InChI is InChI=1S/C14H26N2O2S2/c1-6-7-15-9-12-8-13(19-10-12)20(17,18)16(5)11-14(2,3)4/h8,10,15H,6-7,9,11H2,1-5H3. The summed E-state index contributed by atoms with van der Waals surface area (Å²) in [6.45, 7) is 10.4. The molecule has 4 nitrogen and oxygen atoms in total. The van der Waals surface area contributed by atoms with Gasteiger partial charge in [0.15, 0.2) is 0 Å². The van der Waals surface area contributed by atoms with E-state index in [1.165, 1.54) is 15.6 Å². The predicted molar refractivity (Wildman–Crippen MR) is 85.6 cm³/mol. The van der Waals surface area contributed by atoms with Crippen LogP contribution >= 0.6 is 11.3 Å². The highest BCUT2D eigenvalue weighted by molar-refractivity contribution is 7.91. The summed E-state index contributed by atoms with van der Waals surface area (Å²) < 4.78 is 26.8. The maximum absolute atomic E-state index is 12.5. The van der Waals surface area contributed by atoms with Gasteiger partial charge in [0, 0.05) is 20.1 Å². The van der Waals surface area contributed by atoms with Gasteiger partial charge < -0.3 is 5.32 Å². The molecule has 0 radical (unpaired) electrons. The van der Waals surface area contributed by atoms with Gasteiger partial charge >= 0.3 is 0 Å².